The molecule has 0 aliphatic rings. The van der Waals surface area contributed by atoms with Gasteiger partial charge in [-0.25, -0.2) is 8.78 Å². The highest BCUT2D eigenvalue weighted by molar-refractivity contribution is 5.51. The predicted octanol–water partition coefficient (Wildman–Crippen LogP) is 1.97. The normalized spacial score (nSPS) is 10.5. The van der Waals surface area contributed by atoms with Crippen LogP contribution in [0, 0.1) is 21.7 Å². The number of rotatable bonds is 6. The van der Waals surface area contributed by atoms with E-state index in [0.29, 0.717) is 31.6 Å². The van der Waals surface area contributed by atoms with Crippen molar-refractivity contribution in [3.63, 3.8) is 0 Å². The van der Waals surface area contributed by atoms with Gasteiger partial charge in [-0.2, -0.15) is 0 Å². The molecule has 1 aromatic heterocycles. The van der Waals surface area contributed by atoms with Gasteiger partial charge in [-0.3, -0.25) is 14.8 Å². The van der Waals surface area contributed by atoms with Crippen LogP contribution >= 0.6 is 0 Å². The maximum Gasteiger partial charge on any atom is 0.275 e. The monoisotopic (exact) mass is 283 g/mol. The zero-order valence-electron chi connectivity index (χ0n) is 10.3. The van der Waals surface area contributed by atoms with E-state index in [4.69, 9.17) is 0 Å². The topological polar surface area (TPSA) is 85.9 Å². The number of nitrogens with one attached hydrogen (secondary N) is 1. The Balaban J connectivity index is 1.94. The van der Waals surface area contributed by atoms with E-state index in [-0.39, 0.29) is 5.69 Å². The summed E-state index contributed by atoms with van der Waals surface area (Å²) in [6.45, 7) is 0.842. The van der Waals surface area contributed by atoms with Gasteiger partial charge in [-0.15, -0.1) is 5.10 Å². The first-order valence-corrected chi connectivity index (χ1v) is 5.79. The summed E-state index contributed by atoms with van der Waals surface area (Å²) in [5.41, 5.74) is -0.984. The number of nitrogens with zero attached hydrogens (tertiary/aromatic N) is 4. The van der Waals surface area contributed by atoms with Gasteiger partial charge < -0.3 is 5.32 Å². The molecule has 20 heavy (non-hydrogen) atoms. The van der Waals surface area contributed by atoms with Crippen molar-refractivity contribution in [1.29, 1.82) is 0 Å². The SMILES string of the molecule is O=[N+]([O-])c1cc(F)c(NCCCn2ccnn2)c(F)c1. The number of nitro groups is 1. The molecule has 0 aliphatic heterocycles. The Bertz CT molecular complexity index is 580. The van der Waals surface area contributed by atoms with Crippen LogP contribution in [0.4, 0.5) is 20.2 Å². The Morgan fingerprint density at radius 3 is 2.60 bits per heavy atom. The van der Waals surface area contributed by atoms with Crippen LogP contribution in [0.3, 0.4) is 0 Å². The molecule has 1 aromatic carbocycles. The summed E-state index contributed by atoms with van der Waals surface area (Å²) >= 11 is 0. The van der Waals surface area contributed by atoms with Crippen molar-refractivity contribution >= 4 is 11.4 Å². The second kappa shape index (κ2) is 6.04. The molecule has 7 nitrogen and oxygen atoms in total. The van der Waals surface area contributed by atoms with Gasteiger partial charge >= 0.3 is 0 Å². The number of hydrogen-bond acceptors (Lipinski definition) is 5. The molecule has 0 atom stereocenters. The molecule has 106 valence electrons. The van der Waals surface area contributed by atoms with Crippen LogP contribution in [-0.2, 0) is 6.54 Å². The van der Waals surface area contributed by atoms with Crippen LogP contribution < -0.4 is 5.32 Å². The van der Waals surface area contributed by atoms with Crippen LogP contribution in [0.15, 0.2) is 24.5 Å². The number of nitro benzene ring substituents is 1. The summed E-state index contributed by atoms with van der Waals surface area (Å²) in [6, 6.07) is 1.37. The Hall–Kier alpha value is -2.58. The van der Waals surface area contributed by atoms with Crippen LogP contribution in [0.2, 0.25) is 0 Å². The average molecular weight is 283 g/mol. The fraction of sp³-hybridized carbons (Fsp3) is 0.273. The molecular weight excluding hydrogens is 272 g/mol. The summed E-state index contributed by atoms with van der Waals surface area (Å²) in [4.78, 5) is 9.60. The molecule has 2 rings (SSSR count). The van der Waals surface area contributed by atoms with Gasteiger partial charge in [0.1, 0.15) is 5.69 Å². The molecule has 0 amide bonds. The molecule has 0 bridgehead atoms. The Morgan fingerprint density at radius 1 is 1.35 bits per heavy atom. The predicted molar refractivity (Wildman–Crippen MR) is 66.1 cm³/mol. The van der Waals surface area contributed by atoms with E-state index in [1.165, 1.54) is 6.20 Å². The quantitative estimate of drug-likeness (QED) is 0.497. The van der Waals surface area contributed by atoms with Crippen molar-refractivity contribution in [2.75, 3.05) is 11.9 Å². The third kappa shape index (κ3) is 3.25. The van der Waals surface area contributed by atoms with Gasteiger partial charge in [0.2, 0.25) is 0 Å². The van der Waals surface area contributed by atoms with E-state index in [2.05, 4.69) is 15.6 Å². The summed E-state index contributed by atoms with van der Waals surface area (Å²) in [5.74, 6) is -1.98. The molecule has 0 saturated heterocycles. The van der Waals surface area contributed by atoms with Crippen LogP contribution in [0.25, 0.3) is 0 Å². The van der Waals surface area contributed by atoms with Gasteiger partial charge in [-0.05, 0) is 6.42 Å². The summed E-state index contributed by atoms with van der Waals surface area (Å²) in [6.07, 6.45) is 3.77. The lowest BCUT2D eigenvalue weighted by Gasteiger charge is -2.08. The molecule has 0 unspecified atom stereocenters. The highest BCUT2D eigenvalue weighted by Crippen LogP contribution is 2.24. The van der Waals surface area contributed by atoms with E-state index in [9.17, 15) is 18.9 Å². The lowest BCUT2D eigenvalue weighted by molar-refractivity contribution is -0.385. The van der Waals surface area contributed by atoms with Crippen molar-refractivity contribution in [3.05, 3.63) is 46.3 Å². The van der Waals surface area contributed by atoms with Crippen LogP contribution in [0.1, 0.15) is 6.42 Å². The molecule has 1 heterocycles. The minimum atomic E-state index is -0.988. The van der Waals surface area contributed by atoms with Gasteiger partial charge in [0, 0.05) is 19.3 Å². The third-order valence-corrected chi connectivity index (χ3v) is 2.58. The average Bonchev–Trinajstić information content (AvgIpc) is 2.89. The first kappa shape index (κ1) is 13.8. The third-order valence-electron chi connectivity index (χ3n) is 2.58. The molecule has 0 aliphatic carbocycles. The number of benzene rings is 1. The zero-order chi connectivity index (χ0) is 14.5. The fourth-order valence-corrected chi connectivity index (χ4v) is 1.64. The minimum absolute atomic E-state index is 0.297. The van der Waals surface area contributed by atoms with Crippen molar-refractivity contribution in [1.82, 2.24) is 15.0 Å². The molecule has 1 N–H and O–H groups in total. The second-order valence-electron chi connectivity index (χ2n) is 3.99. The Morgan fingerprint density at radius 2 is 2.05 bits per heavy atom. The molecule has 0 saturated carbocycles. The van der Waals surface area contributed by atoms with Crippen LogP contribution in [0.5, 0.6) is 0 Å². The molecule has 9 heteroatoms. The summed E-state index contributed by atoms with van der Waals surface area (Å²) < 4.78 is 28.7. The van der Waals surface area contributed by atoms with Gasteiger partial charge in [0.25, 0.3) is 5.69 Å². The van der Waals surface area contributed by atoms with E-state index >= 15 is 0 Å². The number of non-ortho nitro benzene ring substituents is 1. The second-order valence-corrected chi connectivity index (χ2v) is 3.99. The van der Waals surface area contributed by atoms with Crippen molar-refractivity contribution in [2.24, 2.45) is 0 Å². The van der Waals surface area contributed by atoms with E-state index in [0.717, 1.165) is 0 Å². The molecule has 2 aromatic rings. The fourth-order valence-electron chi connectivity index (χ4n) is 1.64. The smallest absolute Gasteiger partial charge is 0.275 e. The largest absolute Gasteiger partial charge is 0.380 e. The highest BCUT2D eigenvalue weighted by Gasteiger charge is 2.16. The number of anilines is 1. The van der Waals surface area contributed by atoms with E-state index in [1.54, 1.807) is 10.9 Å². The minimum Gasteiger partial charge on any atom is -0.380 e. The highest BCUT2D eigenvalue weighted by atomic mass is 19.1. The summed E-state index contributed by atoms with van der Waals surface area (Å²) in [7, 11) is 0. The zero-order valence-corrected chi connectivity index (χ0v) is 10.3. The number of aryl methyl sites for hydroxylation is 1. The Labute approximate surface area is 112 Å². The maximum absolute atomic E-state index is 13.5. The van der Waals surface area contributed by atoms with Crippen molar-refractivity contribution in [2.45, 2.75) is 13.0 Å². The number of halogens is 2. The van der Waals surface area contributed by atoms with Gasteiger partial charge in [0.05, 0.1) is 23.3 Å². The van der Waals surface area contributed by atoms with Gasteiger partial charge in [-0.1, -0.05) is 5.21 Å². The lowest BCUT2D eigenvalue weighted by Crippen LogP contribution is -2.10. The molecule has 0 spiro atoms. The maximum atomic E-state index is 13.5. The van der Waals surface area contributed by atoms with Crippen molar-refractivity contribution in [3.8, 4) is 0 Å². The first-order chi connectivity index (χ1) is 9.58. The van der Waals surface area contributed by atoms with Crippen molar-refractivity contribution < 1.29 is 13.7 Å². The Kier molecular flexibility index (Phi) is 4.18. The lowest BCUT2D eigenvalue weighted by atomic mass is 10.2. The number of aromatic nitrogens is 3. The van der Waals surface area contributed by atoms with Gasteiger partial charge in [0.15, 0.2) is 11.6 Å². The van der Waals surface area contributed by atoms with Crippen LogP contribution in [-0.4, -0.2) is 26.5 Å². The first-order valence-electron chi connectivity index (χ1n) is 5.79. The van der Waals surface area contributed by atoms with E-state index < -0.39 is 22.2 Å². The molecular formula is C11H11F2N5O2. The van der Waals surface area contributed by atoms with E-state index in [1.807, 2.05) is 0 Å². The molecule has 0 radical (unpaired) electrons. The standard InChI is InChI=1S/C11H11F2N5O2/c12-9-6-8(18(19)20)7-10(13)11(9)14-2-1-4-17-5-3-15-16-17/h3,5-7,14H,1-2,4H2. The molecule has 0 fully saturated rings. The number of hydrogen-bond donors (Lipinski definition) is 1. The summed E-state index contributed by atoms with van der Waals surface area (Å²) in [5, 5.41) is 20.4.